The Bertz CT molecular complexity index is 548. The Morgan fingerprint density at radius 2 is 1.48 bits per heavy atom. The molecule has 1 N–H and O–H groups in total. The van der Waals surface area contributed by atoms with Crippen LogP contribution in [0.2, 0.25) is 5.02 Å². The number of ether oxygens (including phenoxy) is 2. The fraction of sp³-hybridized carbons (Fsp3) is 0.500. The zero-order chi connectivity index (χ0) is 17.8. The Kier molecular flexibility index (Phi) is 5.88. The summed E-state index contributed by atoms with van der Waals surface area (Å²) in [4.78, 5) is 24.6. The first-order chi connectivity index (χ1) is 10.4. The van der Waals surface area contributed by atoms with E-state index >= 15 is 0 Å². The molecule has 2 amide bonds. The van der Waals surface area contributed by atoms with Crippen molar-refractivity contribution in [2.45, 2.75) is 52.7 Å². The second-order valence-corrected chi connectivity index (χ2v) is 7.35. The van der Waals surface area contributed by atoms with Crippen LogP contribution in [0.5, 0.6) is 0 Å². The standard InChI is InChI=1S/C16H23ClN2O4/c1-15(2,3)22-13(20)19(14(21)23-16(4,5)6)18-12-9-7-8-11(17)10-12/h7-10,18H,1-6H3. The molecule has 0 bridgehead atoms. The Balaban J connectivity index is 3.00. The molecule has 23 heavy (non-hydrogen) atoms. The number of carbonyl (C=O) groups is 2. The van der Waals surface area contributed by atoms with E-state index in [1.54, 1.807) is 65.8 Å². The van der Waals surface area contributed by atoms with Crippen LogP contribution in [0, 0.1) is 0 Å². The molecular formula is C16H23ClN2O4. The van der Waals surface area contributed by atoms with E-state index in [0.717, 1.165) is 0 Å². The van der Waals surface area contributed by atoms with Gasteiger partial charge >= 0.3 is 12.2 Å². The number of nitrogens with one attached hydrogen (secondary N) is 1. The van der Waals surface area contributed by atoms with E-state index in [4.69, 9.17) is 21.1 Å². The second kappa shape index (κ2) is 7.08. The Hall–Kier alpha value is -1.95. The third kappa shape index (κ3) is 7.23. The van der Waals surface area contributed by atoms with Gasteiger partial charge in [0.1, 0.15) is 11.2 Å². The van der Waals surface area contributed by atoms with Crippen molar-refractivity contribution in [3.05, 3.63) is 29.3 Å². The van der Waals surface area contributed by atoms with E-state index in [1.165, 1.54) is 0 Å². The molecule has 7 heteroatoms. The lowest BCUT2D eigenvalue weighted by atomic mass is 10.2. The van der Waals surface area contributed by atoms with Crippen molar-refractivity contribution >= 4 is 29.5 Å². The van der Waals surface area contributed by atoms with Crippen molar-refractivity contribution in [1.82, 2.24) is 5.01 Å². The van der Waals surface area contributed by atoms with Crippen molar-refractivity contribution < 1.29 is 19.1 Å². The number of hydrazine groups is 1. The highest BCUT2D eigenvalue weighted by Gasteiger charge is 2.31. The molecule has 0 spiro atoms. The summed E-state index contributed by atoms with van der Waals surface area (Å²) in [5, 5.41) is 1.14. The molecule has 0 fully saturated rings. The average molecular weight is 343 g/mol. The lowest BCUT2D eigenvalue weighted by Crippen LogP contribution is -2.46. The predicted octanol–water partition coefficient (Wildman–Crippen LogP) is 4.84. The summed E-state index contributed by atoms with van der Waals surface area (Å²) >= 11 is 5.91. The summed E-state index contributed by atoms with van der Waals surface area (Å²) in [5.41, 5.74) is 1.60. The van der Waals surface area contributed by atoms with Gasteiger partial charge in [-0.1, -0.05) is 17.7 Å². The fourth-order valence-electron chi connectivity index (χ4n) is 1.47. The topological polar surface area (TPSA) is 67.9 Å². The highest BCUT2D eigenvalue weighted by molar-refractivity contribution is 6.30. The van der Waals surface area contributed by atoms with E-state index < -0.39 is 23.4 Å². The number of anilines is 1. The second-order valence-electron chi connectivity index (χ2n) is 6.92. The van der Waals surface area contributed by atoms with Gasteiger partial charge in [0.25, 0.3) is 0 Å². The minimum Gasteiger partial charge on any atom is -0.442 e. The minimum absolute atomic E-state index is 0.453. The van der Waals surface area contributed by atoms with Crippen LogP contribution in [0.15, 0.2) is 24.3 Å². The zero-order valence-corrected chi connectivity index (χ0v) is 15.0. The van der Waals surface area contributed by atoms with Crippen molar-refractivity contribution in [2.24, 2.45) is 0 Å². The summed E-state index contributed by atoms with van der Waals surface area (Å²) in [5.74, 6) is 0. The molecule has 0 aliphatic carbocycles. The van der Waals surface area contributed by atoms with Gasteiger partial charge in [-0.2, -0.15) is 0 Å². The third-order valence-electron chi connectivity index (χ3n) is 2.22. The molecule has 0 saturated heterocycles. The molecule has 0 radical (unpaired) electrons. The molecule has 0 aromatic heterocycles. The molecule has 0 aliphatic heterocycles. The van der Waals surface area contributed by atoms with Crippen molar-refractivity contribution in [3.8, 4) is 0 Å². The van der Waals surface area contributed by atoms with Gasteiger partial charge in [-0.15, -0.1) is 5.01 Å². The van der Waals surface area contributed by atoms with Gasteiger partial charge < -0.3 is 9.47 Å². The number of carbonyl (C=O) groups excluding carboxylic acids is 2. The molecule has 0 aliphatic rings. The number of rotatable bonds is 2. The summed E-state index contributed by atoms with van der Waals surface area (Å²) < 4.78 is 10.5. The normalized spacial score (nSPS) is 11.6. The van der Waals surface area contributed by atoms with Crippen LogP contribution in [-0.2, 0) is 9.47 Å². The van der Waals surface area contributed by atoms with Gasteiger partial charge in [0.2, 0.25) is 0 Å². The summed E-state index contributed by atoms with van der Waals surface area (Å²) in [6.07, 6.45) is -1.74. The molecular weight excluding hydrogens is 320 g/mol. The predicted molar refractivity (Wildman–Crippen MR) is 89.4 cm³/mol. The number of nitrogens with zero attached hydrogens (tertiary/aromatic N) is 1. The van der Waals surface area contributed by atoms with Gasteiger partial charge in [0.05, 0.1) is 5.69 Å². The first kappa shape index (κ1) is 19.1. The maximum Gasteiger partial charge on any atom is 0.439 e. The Morgan fingerprint density at radius 3 is 1.87 bits per heavy atom. The van der Waals surface area contributed by atoms with Crippen LogP contribution in [0.4, 0.5) is 15.3 Å². The number of benzene rings is 1. The molecule has 1 aromatic carbocycles. The molecule has 1 rings (SSSR count). The van der Waals surface area contributed by atoms with Crippen LogP contribution in [0.1, 0.15) is 41.5 Å². The van der Waals surface area contributed by atoms with E-state index in [2.05, 4.69) is 5.43 Å². The monoisotopic (exact) mass is 342 g/mol. The number of halogens is 1. The van der Waals surface area contributed by atoms with Crippen LogP contribution in [0.3, 0.4) is 0 Å². The van der Waals surface area contributed by atoms with E-state index in [0.29, 0.717) is 15.7 Å². The number of amides is 2. The number of hydrogen-bond acceptors (Lipinski definition) is 5. The molecule has 0 unspecified atom stereocenters. The Morgan fingerprint density at radius 1 is 1.00 bits per heavy atom. The quantitative estimate of drug-likeness (QED) is 0.779. The molecule has 1 aromatic rings. The van der Waals surface area contributed by atoms with E-state index in [-0.39, 0.29) is 0 Å². The number of imide groups is 1. The SMILES string of the molecule is CC(C)(C)OC(=O)N(Nc1cccc(Cl)c1)C(=O)OC(C)(C)C. The highest BCUT2D eigenvalue weighted by Crippen LogP contribution is 2.19. The summed E-state index contributed by atoms with van der Waals surface area (Å²) in [6.45, 7) is 10.2. The third-order valence-corrected chi connectivity index (χ3v) is 2.45. The molecule has 6 nitrogen and oxygen atoms in total. The molecule has 0 atom stereocenters. The molecule has 0 saturated carbocycles. The zero-order valence-electron chi connectivity index (χ0n) is 14.3. The maximum atomic E-state index is 12.3. The lowest BCUT2D eigenvalue weighted by Gasteiger charge is -2.29. The molecule has 128 valence electrons. The van der Waals surface area contributed by atoms with Gasteiger partial charge in [-0.3, -0.25) is 5.43 Å². The lowest BCUT2D eigenvalue weighted by molar-refractivity contribution is 0.00643. The van der Waals surface area contributed by atoms with Gasteiger partial charge in [0.15, 0.2) is 0 Å². The maximum absolute atomic E-state index is 12.3. The first-order valence-electron chi connectivity index (χ1n) is 7.16. The Labute approximate surface area is 141 Å². The molecule has 0 heterocycles. The van der Waals surface area contributed by atoms with E-state index in [1.807, 2.05) is 0 Å². The van der Waals surface area contributed by atoms with Crippen molar-refractivity contribution in [3.63, 3.8) is 0 Å². The smallest absolute Gasteiger partial charge is 0.439 e. The van der Waals surface area contributed by atoms with Crippen LogP contribution >= 0.6 is 11.6 Å². The first-order valence-corrected chi connectivity index (χ1v) is 7.53. The van der Waals surface area contributed by atoms with Crippen molar-refractivity contribution in [1.29, 1.82) is 0 Å². The largest absolute Gasteiger partial charge is 0.442 e. The van der Waals surface area contributed by atoms with Gasteiger partial charge in [-0.25, -0.2) is 9.59 Å². The van der Waals surface area contributed by atoms with E-state index in [9.17, 15) is 9.59 Å². The van der Waals surface area contributed by atoms with Crippen LogP contribution < -0.4 is 5.43 Å². The van der Waals surface area contributed by atoms with Crippen molar-refractivity contribution in [2.75, 3.05) is 5.43 Å². The summed E-state index contributed by atoms with van der Waals surface area (Å²) in [7, 11) is 0. The summed E-state index contributed by atoms with van der Waals surface area (Å²) in [6, 6.07) is 6.60. The van der Waals surface area contributed by atoms with Gasteiger partial charge in [0, 0.05) is 5.02 Å². The van der Waals surface area contributed by atoms with Crippen LogP contribution in [-0.4, -0.2) is 28.4 Å². The average Bonchev–Trinajstić information content (AvgIpc) is 2.31. The number of hydrogen-bond donors (Lipinski definition) is 1. The van der Waals surface area contributed by atoms with Crippen LogP contribution in [0.25, 0.3) is 0 Å². The minimum atomic E-state index is -0.869. The van der Waals surface area contributed by atoms with Gasteiger partial charge in [-0.05, 0) is 59.7 Å². The fourth-order valence-corrected chi connectivity index (χ4v) is 1.66. The highest BCUT2D eigenvalue weighted by atomic mass is 35.5.